The number of rotatable bonds is 8. The van der Waals surface area contributed by atoms with E-state index in [1.807, 2.05) is 0 Å². The van der Waals surface area contributed by atoms with Crippen LogP contribution in [0.25, 0.3) is 0 Å². The van der Waals surface area contributed by atoms with Crippen LogP contribution in [0.3, 0.4) is 0 Å². The Hall–Kier alpha value is -1.24. The van der Waals surface area contributed by atoms with Crippen LogP contribution in [-0.2, 0) is 14.4 Å². The molecule has 0 spiro atoms. The summed E-state index contributed by atoms with van der Waals surface area (Å²) in [5, 5.41) is 13.3. The highest BCUT2D eigenvalue weighted by molar-refractivity contribution is 8.01. The van der Waals surface area contributed by atoms with Gasteiger partial charge in [0.2, 0.25) is 11.8 Å². The van der Waals surface area contributed by atoms with Gasteiger partial charge in [0.25, 0.3) is 0 Å². The van der Waals surface area contributed by atoms with Gasteiger partial charge in [-0.3, -0.25) is 14.4 Å². The van der Waals surface area contributed by atoms with Crippen LogP contribution in [0.4, 0.5) is 0 Å². The third-order valence-electron chi connectivity index (χ3n) is 1.88. The molecular weight excluding hydrogens is 244 g/mol. The fourth-order valence-corrected chi connectivity index (χ4v) is 1.86. The summed E-state index contributed by atoms with van der Waals surface area (Å²) in [6.07, 6.45) is 0.485. The quantitative estimate of drug-likeness (QED) is 0.528. The van der Waals surface area contributed by atoms with Gasteiger partial charge in [-0.1, -0.05) is 6.92 Å². The van der Waals surface area contributed by atoms with E-state index in [-0.39, 0.29) is 17.6 Å². The lowest BCUT2D eigenvalue weighted by molar-refractivity contribution is -0.136. The molecule has 0 aliphatic carbocycles. The number of aliphatic carboxylic acids is 1. The molecule has 0 saturated heterocycles. The highest BCUT2D eigenvalue weighted by atomic mass is 32.2. The number of amides is 2. The van der Waals surface area contributed by atoms with Gasteiger partial charge in [0.05, 0.1) is 5.75 Å². The standard InChI is InChI=1S/C10H18N2O4S/c1-3-8(10(15)16)17-6-9(14)12-5-4-11-7(2)13/h8H,3-6H2,1-2H3,(H,11,13)(H,12,14)(H,15,16). The van der Waals surface area contributed by atoms with Crippen molar-refractivity contribution in [2.45, 2.75) is 25.5 Å². The Morgan fingerprint density at radius 2 is 1.82 bits per heavy atom. The number of hydrogen-bond donors (Lipinski definition) is 3. The Morgan fingerprint density at radius 1 is 1.24 bits per heavy atom. The van der Waals surface area contributed by atoms with Crippen LogP contribution in [0.2, 0.25) is 0 Å². The van der Waals surface area contributed by atoms with E-state index in [1.54, 1.807) is 6.92 Å². The van der Waals surface area contributed by atoms with Gasteiger partial charge >= 0.3 is 5.97 Å². The second kappa shape index (κ2) is 8.86. The van der Waals surface area contributed by atoms with Crippen LogP contribution < -0.4 is 10.6 Å². The Kier molecular flexibility index (Phi) is 8.21. The van der Waals surface area contributed by atoms with Crippen molar-refractivity contribution in [1.82, 2.24) is 10.6 Å². The molecule has 0 heterocycles. The molecule has 0 aliphatic rings. The number of hydrogen-bond acceptors (Lipinski definition) is 4. The first kappa shape index (κ1) is 15.8. The molecule has 17 heavy (non-hydrogen) atoms. The van der Waals surface area contributed by atoms with Crippen molar-refractivity contribution in [3.8, 4) is 0 Å². The zero-order valence-corrected chi connectivity index (χ0v) is 10.8. The molecule has 0 fully saturated rings. The summed E-state index contributed by atoms with van der Waals surface area (Å²) in [6, 6.07) is 0. The van der Waals surface area contributed by atoms with Gasteiger partial charge in [-0.25, -0.2) is 0 Å². The maximum atomic E-state index is 11.3. The van der Waals surface area contributed by atoms with Crippen LogP contribution in [0.15, 0.2) is 0 Å². The Balaban J connectivity index is 3.65. The van der Waals surface area contributed by atoms with Crippen LogP contribution >= 0.6 is 11.8 Å². The van der Waals surface area contributed by atoms with Crippen LogP contribution in [-0.4, -0.2) is 47.0 Å². The van der Waals surface area contributed by atoms with Crippen molar-refractivity contribution in [3.05, 3.63) is 0 Å². The highest BCUT2D eigenvalue weighted by Crippen LogP contribution is 2.13. The molecule has 1 unspecified atom stereocenters. The first-order chi connectivity index (χ1) is 7.97. The summed E-state index contributed by atoms with van der Waals surface area (Å²) in [4.78, 5) is 32.5. The fraction of sp³-hybridized carbons (Fsp3) is 0.700. The number of carbonyl (C=O) groups is 3. The zero-order valence-electron chi connectivity index (χ0n) is 9.99. The SMILES string of the molecule is CCC(SCC(=O)NCCNC(C)=O)C(=O)O. The van der Waals surface area contributed by atoms with Gasteiger partial charge in [-0.2, -0.15) is 0 Å². The molecule has 0 bridgehead atoms. The van der Waals surface area contributed by atoms with Gasteiger partial charge in [0, 0.05) is 20.0 Å². The third kappa shape index (κ3) is 8.56. The molecule has 6 nitrogen and oxygen atoms in total. The molecule has 7 heteroatoms. The summed E-state index contributed by atoms with van der Waals surface area (Å²) >= 11 is 1.10. The molecule has 2 amide bonds. The summed E-state index contributed by atoms with van der Waals surface area (Å²) in [6.45, 7) is 3.89. The van der Waals surface area contributed by atoms with Crippen molar-refractivity contribution in [2.24, 2.45) is 0 Å². The minimum Gasteiger partial charge on any atom is -0.480 e. The lowest BCUT2D eigenvalue weighted by Crippen LogP contribution is -2.35. The van der Waals surface area contributed by atoms with Gasteiger partial charge in [0.15, 0.2) is 0 Å². The van der Waals surface area contributed by atoms with E-state index in [0.717, 1.165) is 11.8 Å². The number of nitrogens with one attached hydrogen (secondary N) is 2. The average molecular weight is 262 g/mol. The molecule has 0 aliphatic heterocycles. The molecule has 0 rings (SSSR count). The van der Waals surface area contributed by atoms with Crippen LogP contribution in [0, 0.1) is 0 Å². The van der Waals surface area contributed by atoms with E-state index < -0.39 is 11.2 Å². The van der Waals surface area contributed by atoms with Gasteiger partial charge in [0.1, 0.15) is 5.25 Å². The van der Waals surface area contributed by atoms with E-state index in [4.69, 9.17) is 5.11 Å². The summed E-state index contributed by atoms with van der Waals surface area (Å²) in [5.74, 6) is -1.15. The van der Waals surface area contributed by atoms with E-state index in [0.29, 0.717) is 19.5 Å². The monoisotopic (exact) mass is 262 g/mol. The highest BCUT2D eigenvalue weighted by Gasteiger charge is 2.16. The van der Waals surface area contributed by atoms with Crippen molar-refractivity contribution >= 4 is 29.5 Å². The fourth-order valence-electron chi connectivity index (χ4n) is 1.03. The van der Waals surface area contributed by atoms with Crippen molar-refractivity contribution in [2.75, 3.05) is 18.8 Å². The number of thioether (sulfide) groups is 1. The molecule has 0 aromatic carbocycles. The lowest BCUT2D eigenvalue weighted by Gasteiger charge is -2.09. The van der Waals surface area contributed by atoms with Crippen molar-refractivity contribution < 1.29 is 19.5 Å². The van der Waals surface area contributed by atoms with Crippen molar-refractivity contribution in [3.63, 3.8) is 0 Å². The van der Waals surface area contributed by atoms with Crippen LogP contribution in [0.5, 0.6) is 0 Å². The minimum atomic E-state index is -0.899. The zero-order chi connectivity index (χ0) is 13.3. The summed E-state index contributed by atoms with van der Waals surface area (Å²) in [7, 11) is 0. The third-order valence-corrected chi connectivity index (χ3v) is 3.25. The Bertz CT molecular complexity index is 283. The second-order valence-corrected chi connectivity index (χ2v) is 4.57. The summed E-state index contributed by atoms with van der Waals surface area (Å²) < 4.78 is 0. The summed E-state index contributed by atoms with van der Waals surface area (Å²) in [5.41, 5.74) is 0. The van der Waals surface area contributed by atoms with E-state index in [1.165, 1.54) is 6.92 Å². The smallest absolute Gasteiger partial charge is 0.316 e. The predicted molar refractivity (Wildman–Crippen MR) is 65.9 cm³/mol. The predicted octanol–water partition coefficient (Wildman–Crippen LogP) is -0.165. The molecule has 0 aromatic rings. The Morgan fingerprint density at radius 3 is 2.29 bits per heavy atom. The molecule has 0 aromatic heterocycles. The van der Waals surface area contributed by atoms with Crippen molar-refractivity contribution in [1.29, 1.82) is 0 Å². The van der Waals surface area contributed by atoms with Gasteiger partial charge in [-0.15, -0.1) is 11.8 Å². The number of carboxylic acid groups (broad SMARTS) is 1. The number of carboxylic acids is 1. The molecular formula is C10H18N2O4S. The normalized spacial score (nSPS) is 11.6. The molecule has 1 atom stereocenters. The van der Waals surface area contributed by atoms with Crippen LogP contribution in [0.1, 0.15) is 20.3 Å². The first-order valence-corrected chi connectivity index (χ1v) is 6.37. The second-order valence-electron chi connectivity index (χ2n) is 3.38. The lowest BCUT2D eigenvalue weighted by atomic mass is 10.3. The maximum absolute atomic E-state index is 11.3. The molecule has 0 radical (unpaired) electrons. The van der Waals surface area contributed by atoms with Gasteiger partial charge < -0.3 is 15.7 Å². The Labute approximate surface area is 105 Å². The molecule has 0 saturated carbocycles. The topological polar surface area (TPSA) is 95.5 Å². The maximum Gasteiger partial charge on any atom is 0.316 e. The average Bonchev–Trinajstić information content (AvgIpc) is 2.24. The van der Waals surface area contributed by atoms with E-state index >= 15 is 0 Å². The number of carbonyl (C=O) groups excluding carboxylic acids is 2. The largest absolute Gasteiger partial charge is 0.480 e. The van der Waals surface area contributed by atoms with E-state index in [2.05, 4.69) is 10.6 Å². The van der Waals surface area contributed by atoms with E-state index in [9.17, 15) is 14.4 Å². The minimum absolute atomic E-state index is 0.116. The molecule has 3 N–H and O–H groups in total. The first-order valence-electron chi connectivity index (χ1n) is 5.33. The van der Waals surface area contributed by atoms with Gasteiger partial charge in [-0.05, 0) is 6.42 Å². The molecule has 98 valence electrons.